The lowest BCUT2D eigenvalue weighted by atomic mass is 10.3. The molecule has 1 aromatic carbocycles. The van der Waals surface area contributed by atoms with E-state index in [1.54, 1.807) is 0 Å². The van der Waals surface area contributed by atoms with E-state index in [2.05, 4.69) is 15.9 Å². The van der Waals surface area contributed by atoms with Gasteiger partial charge in [0.2, 0.25) is 0 Å². The smallest absolute Gasteiger partial charge is 0.139 e. The average molecular weight is 284 g/mol. The van der Waals surface area contributed by atoms with Crippen molar-refractivity contribution in [2.24, 2.45) is 0 Å². The number of ether oxygens (including phenoxy) is 1. The number of hydrogen-bond donors (Lipinski definition) is 0. The lowest BCUT2D eigenvalue weighted by molar-refractivity contribution is 0.318. The highest BCUT2D eigenvalue weighted by Crippen LogP contribution is 2.31. The Bertz CT molecular complexity index is 278. The molecule has 0 aliphatic heterocycles. The van der Waals surface area contributed by atoms with Crippen LogP contribution in [-0.2, 0) is 0 Å². The standard InChI is InChI=1S/C9H9BrCl2O/c10-7-3-1-4-8(9(7)12)13-6-2-5-11/h1,3-4H,2,5-6H2. The van der Waals surface area contributed by atoms with Crippen molar-refractivity contribution in [1.82, 2.24) is 0 Å². The number of benzene rings is 1. The van der Waals surface area contributed by atoms with Gasteiger partial charge in [-0.25, -0.2) is 0 Å². The second-order valence-electron chi connectivity index (χ2n) is 2.44. The predicted molar refractivity (Wildman–Crippen MR) is 60.0 cm³/mol. The zero-order valence-electron chi connectivity index (χ0n) is 6.90. The average Bonchev–Trinajstić information content (AvgIpc) is 2.13. The van der Waals surface area contributed by atoms with E-state index in [1.807, 2.05) is 18.2 Å². The van der Waals surface area contributed by atoms with Gasteiger partial charge < -0.3 is 4.74 Å². The van der Waals surface area contributed by atoms with Gasteiger partial charge >= 0.3 is 0 Å². The van der Waals surface area contributed by atoms with Gasteiger partial charge in [-0.2, -0.15) is 0 Å². The molecule has 1 nitrogen and oxygen atoms in total. The molecule has 0 atom stereocenters. The predicted octanol–water partition coefficient (Wildman–Crippen LogP) is 4.11. The van der Waals surface area contributed by atoms with E-state index < -0.39 is 0 Å². The van der Waals surface area contributed by atoms with Crippen LogP contribution in [0.3, 0.4) is 0 Å². The van der Waals surface area contributed by atoms with Crippen molar-refractivity contribution in [2.75, 3.05) is 12.5 Å². The summed E-state index contributed by atoms with van der Waals surface area (Å²) in [4.78, 5) is 0. The number of rotatable bonds is 4. The fraction of sp³-hybridized carbons (Fsp3) is 0.333. The van der Waals surface area contributed by atoms with Crippen LogP contribution in [-0.4, -0.2) is 12.5 Å². The van der Waals surface area contributed by atoms with E-state index in [9.17, 15) is 0 Å². The van der Waals surface area contributed by atoms with E-state index in [-0.39, 0.29) is 0 Å². The molecule has 1 rings (SSSR count). The Labute approximate surface area is 96.1 Å². The van der Waals surface area contributed by atoms with Gasteiger partial charge in [0, 0.05) is 10.4 Å². The summed E-state index contributed by atoms with van der Waals surface area (Å²) in [6, 6.07) is 5.59. The molecule has 0 bridgehead atoms. The SMILES string of the molecule is ClCCCOc1cccc(Br)c1Cl. The lowest BCUT2D eigenvalue weighted by Crippen LogP contribution is -1.98. The largest absolute Gasteiger partial charge is 0.492 e. The van der Waals surface area contributed by atoms with Crippen molar-refractivity contribution in [3.05, 3.63) is 27.7 Å². The van der Waals surface area contributed by atoms with E-state index in [4.69, 9.17) is 27.9 Å². The number of halogens is 3. The Morgan fingerprint density at radius 2 is 2.15 bits per heavy atom. The van der Waals surface area contributed by atoms with Gasteiger partial charge in [-0.3, -0.25) is 0 Å². The van der Waals surface area contributed by atoms with Gasteiger partial charge in [0.1, 0.15) is 5.75 Å². The highest BCUT2D eigenvalue weighted by atomic mass is 79.9. The Morgan fingerprint density at radius 3 is 2.85 bits per heavy atom. The molecule has 0 saturated heterocycles. The quantitative estimate of drug-likeness (QED) is 0.597. The van der Waals surface area contributed by atoms with Gasteiger partial charge in [-0.1, -0.05) is 17.7 Å². The van der Waals surface area contributed by atoms with Crippen LogP contribution in [0.4, 0.5) is 0 Å². The van der Waals surface area contributed by atoms with Crippen molar-refractivity contribution >= 4 is 39.1 Å². The molecule has 0 fully saturated rings. The summed E-state index contributed by atoms with van der Waals surface area (Å²) in [6.45, 7) is 0.597. The van der Waals surface area contributed by atoms with Crippen LogP contribution in [0, 0.1) is 0 Å². The molecule has 0 aromatic heterocycles. The van der Waals surface area contributed by atoms with E-state index >= 15 is 0 Å². The molecule has 0 radical (unpaired) electrons. The number of alkyl halides is 1. The third kappa shape index (κ3) is 3.37. The Kier molecular flexibility index (Phi) is 4.92. The van der Waals surface area contributed by atoms with Gasteiger partial charge in [0.15, 0.2) is 0 Å². The first-order valence-corrected chi connectivity index (χ1v) is 5.59. The first-order chi connectivity index (χ1) is 6.25. The van der Waals surface area contributed by atoms with Crippen LogP contribution in [0.25, 0.3) is 0 Å². The summed E-state index contributed by atoms with van der Waals surface area (Å²) in [6.07, 6.45) is 0.824. The fourth-order valence-electron chi connectivity index (χ4n) is 0.832. The fourth-order valence-corrected chi connectivity index (χ4v) is 1.47. The van der Waals surface area contributed by atoms with Crippen molar-refractivity contribution in [3.63, 3.8) is 0 Å². The van der Waals surface area contributed by atoms with Crippen molar-refractivity contribution < 1.29 is 4.74 Å². The first kappa shape index (κ1) is 11.2. The van der Waals surface area contributed by atoms with Crippen molar-refractivity contribution in [1.29, 1.82) is 0 Å². The van der Waals surface area contributed by atoms with Crippen LogP contribution >= 0.6 is 39.1 Å². The van der Waals surface area contributed by atoms with Crippen LogP contribution in [0.15, 0.2) is 22.7 Å². The van der Waals surface area contributed by atoms with Gasteiger partial charge in [-0.05, 0) is 34.5 Å². The zero-order chi connectivity index (χ0) is 9.68. The van der Waals surface area contributed by atoms with Gasteiger partial charge in [-0.15, -0.1) is 11.6 Å². The molecular formula is C9H9BrCl2O. The van der Waals surface area contributed by atoms with Crippen LogP contribution < -0.4 is 4.74 Å². The molecule has 0 amide bonds. The molecule has 4 heteroatoms. The van der Waals surface area contributed by atoms with Gasteiger partial charge in [0.05, 0.1) is 11.6 Å². The third-order valence-electron chi connectivity index (χ3n) is 1.45. The zero-order valence-corrected chi connectivity index (χ0v) is 9.99. The normalized spacial score (nSPS) is 10.1. The summed E-state index contributed by atoms with van der Waals surface area (Å²) >= 11 is 14.8. The molecule has 0 heterocycles. The molecule has 13 heavy (non-hydrogen) atoms. The Balaban J connectivity index is 2.61. The number of hydrogen-bond acceptors (Lipinski definition) is 1. The second kappa shape index (κ2) is 5.74. The molecule has 0 N–H and O–H groups in total. The summed E-state index contributed by atoms with van der Waals surface area (Å²) < 4.78 is 6.26. The maximum atomic E-state index is 5.97. The second-order valence-corrected chi connectivity index (χ2v) is 4.05. The minimum absolute atomic E-state index is 0.597. The first-order valence-electron chi connectivity index (χ1n) is 3.88. The van der Waals surface area contributed by atoms with E-state index in [0.717, 1.165) is 10.9 Å². The summed E-state index contributed by atoms with van der Waals surface area (Å²) in [5, 5.41) is 0.608. The maximum Gasteiger partial charge on any atom is 0.139 e. The van der Waals surface area contributed by atoms with E-state index in [0.29, 0.717) is 23.3 Å². The van der Waals surface area contributed by atoms with Gasteiger partial charge in [0.25, 0.3) is 0 Å². The molecule has 72 valence electrons. The molecule has 0 aliphatic rings. The molecule has 1 aromatic rings. The lowest BCUT2D eigenvalue weighted by Gasteiger charge is -2.07. The van der Waals surface area contributed by atoms with Crippen LogP contribution in [0.2, 0.25) is 5.02 Å². The maximum absolute atomic E-state index is 5.97. The minimum Gasteiger partial charge on any atom is -0.492 e. The Morgan fingerprint density at radius 1 is 1.38 bits per heavy atom. The highest BCUT2D eigenvalue weighted by Gasteiger charge is 2.03. The Hall–Kier alpha value is 0.0800. The topological polar surface area (TPSA) is 9.23 Å². The molecule has 0 aliphatic carbocycles. The monoisotopic (exact) mass is 282 g/mol. The molecule has 0 unspecified atom stereocenters. The molecular weight excluding hydrogens is 275 g/mol. The summed E-state index contributed by atoms with van der Waals surface area (Å²) in [7, 11) is 0. The molecule has 0 saturated carbocycles. The van der Waals surface area contributed by atoms with E-state index in [1.165, 1.54) is 0 Å². The summed E-state index contributed by atoms with van der Waals surface area (Å²) in [5.41, 5.74) is 0. The van der Waals surface area contributed by atoms with Crippen LogP contribution in [0.1, 0.15) is 6.42 Å². The molecule has 0 spiro atoms. The summed E-state index contributed by atoms with van der Waals surface area (Å²) in [5.74, 6) is 1.30. The highest BCUT2D eigenvalue weighted by molar-refractivity contribution is 9.10. The van der Waals surface area contributed by atoms with Crippen molar-refractivity contribution in [3.8, 4) is 5.75 Å². The van der Waals surface area contributed by atoms with Crippen LogP contribution in [0.5, 0.6) is 5.75 Å². The van der Waals surface area contributed by atoms with Crippen molar-refractivity contribution in [2.45, 2.75) is 6.42 Å². The third-order valence-corrected chi connectivity index (χ3v) is 3.00. The minimum atomic E-state index is 0.597.